The number of carbonyl (C=O) groups is 3. The topological polar surface area (TPSA) is 93.7 Å². The smallest absolute Gasteiger partial charge is 0.341 e. The van der Waals surface area contributed by atoms with Gasteiger partial charge in [0.05, 0.1) is 11.7 Å². The van der Waals surface area contributed by atoms with Crippen molar-refractivity contribution >= 4 is 34.1 Å². The van der Waals surface area contributed by atoms with E-state index in [1.165, 1.54) is 18.3 Å². The number of rotatable bonds is 6. The van der Waals surface area contributed by atoms with Crippen LogP contribution in [0.15, 0.2) is 0 Å². The van der Waals surface area contributed by atoms with Crippen molar-refractivity contribution in [2.45, 2.75) is 39.7 Å². The van der Waals surface area contributed by atoms with Gasteiger partial charge in [-0.25, -0.2) is 4.79 Å². The number of carbonyl (C=O) groups excluding carboxylic acids is 3. The van der Waals surface area contributed by atoms with Crippen LogP contribution in [0.4, 0.5) is 5.00 Å². The molecule has 0 aromatic carbocycles. The second kappa shape index (κ2) is 8.25. The molecule has 8 heteroatoms. The molecule has 0 radical (unpaired) electrons. The second-order valence-electron chi connectivity index (χ2n) is 5.68. The van der Waals surface area contributed by atoms with Gasteiger partial charge in [-0.1, -0.05) is 0 Å². The predicted molar refractivity (Wildman–Crippen MR) is 90.4 cm³/mol. The molecule has 2 amide bonds. The molecular formula is C16H22N2O5S. The normalized spacial score (nSPS) is 16.7. The van der Waals surface area contributed by atoms with E-state index in [1.54, 1.807) is 6.92 Å². The molecule has 1 aromatic rings. The molecule has 0 aliphatic carbocycles. The SMILES string of the molecule is CC(=O)Nc1sc(C)c(C)c1C(=O)OCC(=O)NC[C@H]1CCCO1. The summed E-state index contributed by atoms with van der Waals surface area (Å²) in [7, 11) is 0. The third kappa shape index (κ3) is 4.78. The number of aryl methyl sites for hydroxylation is 1. The molecule has 1 aromatic heterocycles. The van der Waals surface area contributed by atoms with Gasteiger partial charge in [-0.15, -0.1) is 11.3 Å². The Morgan fingerprint density at radius 2 is 2.08 bits per heavy atom. The lowest BCUT2D eigenvalue weighted by molar-refractivity contribution is -0.124. The fraction of sp³-hybridized carbons (Fsp3) is 0.562. The molecule has 1 fully saturated rings. The minimum Gasteiger partial charge on any atom is -0.452 e. The second-order valence-corrected chi connectivity index (χ2v) is 6.91. The molecule has 2 heterocycles. The summed E-state index contributed by atoms with van der Waals surface area (Å²) in [5.74, 6) is -1.25. The molecule has 132 valence electrons. The minimum absolute atomic E-state index is 0.0396. The fourth-order valence-corrected chi connectivity index (χ4v) is 3.50. The van der Waals surface area contributed by atoms with Gasteiger partial charge in [0.25, 0.3) is 5.91 Å². The maximum Gasteiger partial charge on any atom is 0.341 e. The van der Waals surface area contributed by atoms with Crippen LogP contribution in [0.5, 0.6) is 0 Å². The van der Waals surface area contributed by atoms with E-state index in [-0.39, 0.29) is 24.5 Å². The van der Waals surface area contributed by atoms with Gasteiger partial charge in [-0.3, -0.25) is 9.59 Å². The number of hydrogen-bond donors (Lipinski definition) is 2. The van der Waals surface area contributed by atoms with Crippen LogP contribution in [0, 0.1) is 13.8 Å². The van der Waals surface area contributed by atoms with E-state index >= 15 is 0 Å². The standard InChI is InChI=1S/C16H22N2O5S/c1-9-10(2)24-15(18-11(3)19)14(9)16(21)23-8-13(20)17-7-12-5-4-6-22-12/h12H,4-8H2,1-3H3,(H,17,20)(H,18,19)/t12-/m1/s1. The first-order chi connectivity index (χ1) is 11.4. The number of amides is 2. The maximum absolute atomic E-state index is 12.3. The van der Waals surface area contributed by atoms with Crippen LogP contribution in [0.2, 0.25) is 0 Å². The number of ether oxygens (including phenoxy) is 2. The molecule has 0 unspecified atom stereocenters. The van der Waals surface area contributed by atoms with Crippen LogP contribution in [-0.2, 0) is 19.1 Å². The molecule has 2 rings (SSSR count). The zero-order chi connectivity index (χ0) is 17.7. The highest BCUT2D eigenvalue weighted by molar-refractivity contribution is 7.16. The highest BCUT2D eigenvalue weighted by Crippen LogP contribution is 2.32. The molecule has 0 bridgehead atoms. The van der Waals surface area contributed by atoms with E-state index in [1.807, 2.05) is 6.92 Å². The quantitative estimate of drug-likeness (QED) is 0.760. The van der Waals surface area contributed by atoms with Crippen LogP contribution in [0.3, 0.4) is 0 Å². The highest BCUT2D eigenvalue weighted by Gasteiger charge is 2.22. The highest BCUT2D eigenvalue weighted by atomic mass is 32.1. The molecule has 7 nitrogen and oxygen atoms in total. The number of nitrogens with one attached hydrogen (secondary N) is 2. The Balaban J connectivity index is 1.89. The predicted octanol–water partition coefficient (Wildman–Crippen LogP) is 1.78. The first-order valence-electron chi connectivity index (χ1n) is 7.81. The van der Waals surface area contributed by atoms with E-state index < -0.39 is 5.97 Å². The van der Waals surface area contributed by atoms with Crippen molar-refractivity contribution < 1.29 is 23.9 Å². The molecule has 1 aliphatic rings. The van der Waals surface area contributed by atoms with Crippen LogP contribution in [0.25, 0.3) is 0 Å². The molecule has 2 N–H and O–H groups in total. The first-order valence-corrected chi connectivity index (χ1v) is 8.63. The molecule has 1 aliphatic heterocycles. The van der Waals surface area contributed by atoms with E-state index in [2.05, 4.69) is 10.6 Å². The summed E-state index contributed by atoms with van der Waals surface area (Å²) in [5.41, 5.74) is 1.05. The maximum atomic E-state index is 12.3. The van der Waals surface area contributed by atoms with E-state index in [0.717, 1.165) is 29.9 Å². The largest absolute Gasteiger partial charge is 0.452 e. The molecule has 1 saturated heterocycles. The van der Waals surface area contributed by atoms with Crippen molar-refractivity contribution in [3.05, 3.63) is 16.0 Å². The van der Waals surface area contributed by atoms with Gasteiger partial charge in [0.2, 0.25) is 5.91 Å². The Kier molecular flexibility index (Phi) is 6.33. The zero-order valence-electron chi connectivity index (χ0n) is 14.1. The Bertz CT molecular complexity index is 635. The van der Waals surface area contributed by atoms with Crippen molar-refractivity contribution in [1.82, 2.24) is 5.32 Å². The summed E-state index contributed by atoms with van der Waals surface area (Å²) in [6, 6.07) is 0. The van der Waals surface area contributed by atoms with Gasteiger partial charge in [-0.2, -0.15) is 0 Å². The average molecular weight is 354 g/mol. The van der Waals surface area contributed by atoms with Gasteiger partial charge < -0.3 is 20.1 Å². The molecular weight excluding hydrogens is 332 g/mol. The average Bonchev–Trinajstić information content (AvgIpc) is 3.11. The van der Waals surface area contributed by atoms with Gasteiger partial charge in [0.1, 0.15) is 5.00 Å². The minimum atomic E-state index is -0.618. The number of esters is 1. The van der Waals surface area contributed by atoms with Crippen LogP contribution in [0.1, 0.15) is 40.6 Å². The van der Waals surface area contributed by atoms with Gasteiger partial charge >= 0.3 is 5.97 Å². The summed E-state index contributed by atoms with van der Waals surface area (Å²) < 4.78 is 10.5. The van der Waals surface area contributed by atoms with Crippen LogP contribution in [-0.4, -0.2) is 43.6 Å². The fourth-order valence-electron chi connectivity index (χ4n) is 2.41. The first kappa shape index (κ1) is 18.4. The number of thiophene rings is 1. The summed E-state index contributed by atoms with van der Waals surface area (Å²) in [6.07, 6.45) is 1.96. The van der Waals surface area contributed by atoms with Crippen molar-refractivity contribution in [2.24, 2.45) is 0 Å². The number of hydrogen-bond acceptors (Lipinski definition) is 6. The van der Waals surface area contributed by atoms with Crippen molar-refractivity contribution in [1.29, 1.82) is 0 Å². The summed E-state index contributed by atoms with van der Waals surface area (Å²) in [5, 5.41) is 5.76. The molecule has 0 spiro atoms. The number of anilines is 1. The van der Waals surface area contributed by atoms with Gasteiger partial charge in [0.15, 0.2) is 6.61 Å². The summed E-state index contributed by atoms with van der Waals surface area (Å²) in [4.78, 5) is 36.2. The Morgan fingerprint density at radius 3 is 2.71 bits per heavy atom. The third-order valence-electron chi connectivity index (χ3n) is 3.76. The third-order valence-corrected chi connectivity index (χ3v) is 4.89. The van der Waals surface area contributed by atoms with Crippen LogP contribution >= 0.6 is 11.3 Å². The van der Waals surface area contributed by atoms with Crippen LogP contribution < -0.4 is 10.6 Å². The van der Waals surface area contributed by atoms with Gasteiger partial charge in [0, 0.05) is 25.0 Å². The van der Waals surface area contributed by atoms with E-state index in [9.17, 15) is 14.4 Å². The van der Waals surface area contributed by atoms with Crippen molar-refractivity contribution in [2.75, 3.05) is 25.1 Å². The van der Waals surface area contributed by atoms with Gasteiger partial charge in [-0.05, 0) is 32.3 Å². The molecule has 1 atom stereocenters. The van der Waals surface area contributed by atoms with E-state index in [4.69, 9.17) is 9.47 Å². The lowest BCUT2D eigenvalue weighted by Gasteiger charge is -2.11. The summed E-state index contributed by atoms with van der Waals surface area (Å²) in [6.45, 7) is 5.79. The lowest BCUT2D eigenvalue weighted by Crippen LogP contribution is -2.34. The summed E-state index contributed by atoms with van der Waals surface area (Å²) >= 11 is 1.31. The Labute approximate surface area is 144 Å². The Morgan fingerprint density at radius 1 is 1.33 bits per heavy atom. The van der Waals surface area contributed by atoms with Crippen molar-refractivity contribution in [3.8, 4) is 0 Å². The molecule has 0 saturated carbocycles. The monoisotopic (exact) mass is 354 g/mol. The Hall–Kier alpha value is -1.93. The van der Waals surface area contributed by atoms with Crippen molar-refractivity contribution in [3.63, 3.8) is 0 Å². The molecule has 24 heavy (non-hydrogen) atoms. The lowest BCUT2D eigenvalue weighted by atomic mass is 10.1. The zero-order valence-corrected chi connectivity index (χ0v) is 14.9. The van der Waals surface area contributed by atoms with E-state index in [0.29, 0.717) is 17.1 Å².